The summed E-state index contributed by atoms with van der Waals surface area (Å²) in [6.45, 7) is 1.08. The molecule has 0 aromatic heterocycles. The molecule has 0 unspecified atom stereocenters. The van der Waals surface area contributed by atoms with Crippen LogP contribution in [0.25, 0.3) is 0 Å². The first-order valence-electron chi connectivity index (χ1n) is 5.44. The zero-order valence-corrected chi connectivity index (χ0v) is 11.1. The lowest BCUT2D eigenvalue weighted by atomic mass is 10.2. The Hall–Kier alpha value is -2.06. The molecular formula is C11H14N4O3S. The highest BCUT2D eigenvalue weighted by molar-refractivity contribution is 7.80. The van der Waals surface area contributed by atoms with Crippen molar-refractivity contribution >= 4 is 29.2 Å². The molecule has 1 aromatic rings. The van der Waals surface area contributed by atoms with Crippen LogP contribution in [0.2, 0.25) is 0 Å². The molecule has 102 valence electrons. The fourth-order valence-corrected chi connectivity index (χ4v) is 1.38. The number of hydrogen-bond donors (Lipinski definition) is 2. The molecule has 0 saturated carbocycles. The molecule has 2 N–H and O–H groups in total. The van der Waals surface area contributed by atoms with Crippen molar-refractivity contribution in [1.29, 1.82) is 0 Å². The Balaban J connectivity index is 2.53. The number of hydrazone groups is 1. The third kappa shape index (κ3) is 5.40. The molecule has 1 rings (SSSR count). The van der Waals surface area contributed by atoms with Gasteiger partial charge in [-0.25, -0.2) is 0 Å². The van der Waals surface area contributed by atoms with Gasteiger partial charge in [0, 0.05) is 19.7 Å². The quantitative estimate of drug-likeness (QED) is 0.266. The molecule has 0 radical (unpaired) electrons. The zero-order valence-electron chi connectivity index (χ0n) is 10.3. The van der Waals surface area contributed by atoms with E-state index in [0.29, 0.717) is 23.8 Å². The zero-order chi connectivity index (χ0) is 14.1. The highest BCUT2D eigenvalue weighted by Crippen LogP contribution is 2.14. The molecule has 7 nitrogen and oxygen atoms in total. The topological polar surface area (TPSA) is 88.8 Å². The number of nitrogens with one attached hydrogen (secondary N) is 2. The lowest BCUT2D eigenvalue weighted by molar-refractivity contribution is -0.385. The van der Waals surface area contributed by atoms with Crippen molar-refractivity contribution in [3.8, 4) is 0 Å². The molecule has 19 heavy (non-hydrogen) atoms. The number of thiocarbonyl (C=S) groups is 1. The number of hydrogen-bond acceptors (Lipinski definition) is 5. The van der Waals surface area contributed by atoms with Gasteiger partial charge in [0.1, 0.15) is 0 Å². The molecule has 0 saturated heterocycles. The van der Waals surface area contributed by atoms with Gasteiger partial charge in [0.25, 0.3) is 5.69 Å². The van der Waals surface area contributed by atoms with Gasteiger partial charge in [-0.2, -0.15) is 5.10 Å². The fraction of sp³-hybridized carbons (Fsp3) is 0.273. The number of rotatable bonds is 6. The fourth-order valence-electron chi connectivity index (χ4n) is 1.23. The van der Waals surface area contributed by atoms with Gasteiger partial charge < -0.3 is 10.1 Å². The SMILES string of the molecule is COCCNC(=S)NN=Cc1ccccc1[N+](=O)[O-]. The van der Waals surface area contributed by atoms with Gasteiger partial charge in [0.05, 0.1) is 23.3 Å². The van der Waals surface area contributed by atoms with Crippen molar-refractivity contribution in [3.63, 3.8) is 0 Å². The Bertz CT molecular complexity index is 479. The third-order valence-corrected chi connectivity index (χ3v) is 2.33. The summed E-state index contributed by atoms with van der Waals surface area (Å²) >= 11 is 4.94. The Kier molecular flexibility index (Phi) is 6.41. The van der Waals surface area contributed by atoms with Crippen molar-refractivity contribution in [1.82, 2.24) is 10.7 Å². The highest BCUT2D eigenvalue weighted by atomic mass is 32.1. The van der Waals surface area contributed by atoms with Crippen LogP contribution >= 0.6 is 12.2 Å². The minimum absolute atomic E-state index is 0.00805. The monoisotopic (exact) mass is 282 g/mol. The van der Waals surface area contributed by atoms with E-state index in [1.807, 2.05) is 0 Å². The number of nitrogens with zero attached hydrogens (tertiary/aromatic N) is 2. The van der Waals surface area contributed by atoms with Crippen molar-refractivity contribution in [3.05, 3.63) is 39.9 Å². The minimum Gasteiger partial charge on any atom is -0.383 e. The number of benzene rings is 1. The number of nitro benzene ring substituents is 1. The Labute approximate surface area is 115 Å². The summed E-state index contributed by atoms with van der Waals surface area (Å²) in [7, 11) is 1.59. The van der Waals surface area contributed by atoms with Crippen LogP contribution in [0, 0.1) is 10.1 Å². The normalized spacial score (nSPS) is 10.4. The average Bonchev–Trinajstić information content (AvgIpc) is 2.39. The van der Waals surface area contributed by atoms with Crippen LogP contribution < -0.4 is 10.7 Å². The maximum absolute atomic E-state index is 10.8. The van der Waals surface area contributed by atoms with E-state index in [4.69, 9.17) is 17.0 Å². The first kappa shape index (κ1) is 15.0. The molecule has 0 spiro atoms. The van der Waals surface area contributed by atoms with Crippen LogP contribution in [0.15, 0.2) is 29.4 Å². The van der Waals surface area contributed by atoms with E-state index >= 15 is 0 Å². The van der Waals surface area contributed by atoms with Crippen molar-refractivity contribution in [2.75, 3.05) is 20.3 Å². The average molecular weight is 282 g/mol. The highest BCUT2D eigenvalue weighted by Gasteiger charge is 2.09. The minimum atomic E-state index is -0.462. The third-order valence-electron chi connectivity index (χ3n) is 2.09. The smallest absolute Gasteiger partial charge is 0.278 e. The van der Waals surface area contributed by atoms with Crippen LogP contribution in [0.3, 0.4) is 0 Å². The summed E-state index contributed by atoms with van der Waals surface area (Å²) < 4.78 is 4.84. The summed E-state index contributed by atoms with van der Waals surface area (Å²) in [6.07, 6.45) is 1.35. The van der Waals surface area contributed by atoms with E-state index in [1.165, 1.54) is 12.3 Å². The molecule has 8 heteroatoms. The van der Waals surface area contributed by atoms with E-state index in [0.717, 1.165) is 0 Å². The molecule has 0 aliphatic rings. The molecule has 0 amide bonds. The number of para-hydroxylation sites is 1. The predicted octanol–water partition coefficient (Wildman–Crippen LogP) is 1.04. The molecule has 0 aliphatic heterocycles. The molecule has 1 aromatic carbocycles. The maximum atomic E-state index is 10.8. The van der Waals surface area contributed by atoms with Gasteiger partial charge >= 0.3 is 0 Å². The first-order chi connectivity index (χ1) is 9.15. The van der Waals surface area contributed by atoms with Crippen LogP contribution in [0.4, 0.5) is 5.69 Å². The summed E-state index contributed by atoms with van der Waals surface area (Å²) in [6, 6.07) is 6.31. The molecule has 0 bridgehead atoms. The van der Waals surface area contributed by atoms with Gasteiger partial charge in [-0.05, 0) is 18.3 Å². The van der Waals surface area contributed by atoms with E-state index in [-0.39, 0.29) is 5.69 Å². The van der Waals surface area contributed by atoms with Crippen molar-refractivity contribution in [2.24, 2.45) is 5.10 Å². The standard InChI is InChI=1S/C11H14N4O3S/c1-18-7-6-12-11(19)14-13-8-9-4-2-3-5-10(9)15(16)17/h2-5,8H,6-7H2,1H3,(H2,12,14,19). The molecular weight excluding hydrogens is 268 g/mol. The van der Waals surface area contributed by atoms with Crippen molar-refractivity contribution < 1.29 is 9.66 Å². The first-order valence-corrected chi connectivity index (χ1v) is 5.85. The Morgan fingerprint density at radius 3 is 3.00 bits per heavy atom. The van der Waals surface area contributed by atoms with E-state index < -0.39 is 4.92 Å². The van der Waals surface area contributed by atoms with Gasteiger partial charge in [0.15, 0.2) is 5.11 Å². The van der Waals surface area contributed by atoms with Gasteiger partial charge in [-0.1, -0.05) is 12.1 Å². The summed E-state index contributed by atoms with van der Waals surface area (Å²) in [4.78, 5) is 10.3. The second-order valence-corrected chi connectivity index (χ2v) is 3.84. The molecule has 0 heterocycles. The van der Waals surface area contributed by atoms with Crippen LogP contribution in [0.5, 0.6) is 0 Å². The summed E-state index contributed by atoms with van der Waals surface area (Å²) in [5.74, 6) is 0. The second-order valence-electron chi connectivity index (χ2n) is 3.43. The van der Waals surface area contributed by atoms with E-state index in [1.54, 1.807) is 25.3 Å². The van der Waals surface area contributed by atoms with Gasteiger partial charge in [0.2, 0.25) is 0 Å². The van der Waals surface area contributed by atoms with Crippen LogP contribution in [0.1, 0.15) is 5.56 Å². The summed E-state index contributed by atoms with van der Waals surface area (Å²) in [5.41, 5.74) is 2.96. The predicted molar refractivity (Wildman–Crippen MR) is 76.3 cm³/mol. The number of nitro groups is 1. The van der Waals surface area contributed by atoms with Gasteiger partial charge in [-0.15, -0.1) is 0 Å². The lowest BCUT2D eigenvalue weighted by Gasteiger charge is -2.05. The largest absolute Gasteiger partial charge is 0.383 e. The summed E-state index contributed by atoms with van der Waals surface area (Å²) in [5, 5.41) is 17.8. The van der Waals surface area contributed by atoms with Crippen molar-refractivity contribution in [2.45, 2.75) is 0 Å². The number of ether oxygens (including phenoxy) is 1. The van der Waals surface area contributed by atoms with E-state index in [9.17, 15) is 10.1 Å². The second kappa shape index (κ2) is 8.11. The van der Waals surface area contributed by atoms with Gasteiger partial charge in [-0.3, -0.25) is 15.5 Å². The Morgan fingerprint density at radius 1 is 1.58 bits per heavy atom. The van der Waals surface area contributed by atoms with E-state index in [2.05, 4.69) is 15.8 Å². The Morgan fingerprint density at radius 2 is 2.32 bits per heavy atom. The molecule has 0 fully saturated rings. The maximum Gasteiger partial charge on any atom is 0.278 e. The molecule has 0 atom stereocenters. The lowest BCUT2D eigenvalue weighted by Crippen LogP contribution is -2.34. The van der Waals surface area contributed by atoms with Crippen LogP contribution in [-0.2, 0) is 4.74 Å². The number of methoxy groups -OCH3 is 1. The van der Waals surface area contributed by atoms with Crippen LogP contribution in [-0.4, -0.2) is 36.5 Å². The molecule has 0 aliphatic carbocycles.